The third kappa shape index (κ3) is 4.66. The molecule has 0 heterocycles. The summed E-state index contributed by atoms with van der Waals surface area (Å²) in [6.45, 7) is 0.558. The molecule has 0 fully saturated rings. The predicted octanol–water partition coefficient (Wildman–Crippen LogP) is 1.92. The summed E-state index contributed by atoms with van der Waals surface area (Å²) in [5, 5.41) is 8.15. The molecule has 0 aliphatic rings. The van der Waals surface area contributed by atoms with Crippen molar-refractivity contribution in [1.29, 1.82) is 0 Å². The van der Waals surface area contributed by atoms with Crippen LogP contribution in [0.1, 0.15) is 5.56 Å². The summed E-state index contributed by atoms with van der Waals surface area (Å²) in [6.07, 6.45) is 0. The zero-order chi connectivity index (χ0) is 15.3. The summed E-state index contributed by atoms with van der Waals surface area (Å²) in [5.41, 5.74) is 2.18. The Bertz CT molecular complexity index is 717. The van der Waals surface area contributed by atoms with Crippen molar-refractivity contribution in [3.05, 3.63) is 54.1 Å². The van der Waals surface area contributed by atoms with Crippen LogP contribution in [-0.4, -0.2) is 15.5 Å². The van der Waals surface area contributed by atoms with Gasteiger partial charge in [0.2, 0.25) is 0 Å². The molecule has 2 aromatic rings. The molecule has 0 saturated carbocycles. The molecule has 2 aromatic carbocycles. The Morgan fingerprint density at radius 3 is 2.52 bits per heavy atom. The summed E-state index contributed by atoms with van der Waals surface area (Å²) >= 11 is 0. The molecule has 7 heteroatoms. The summed E-state index contributed by atoms with van der Waals surface area (Å²) < 4.78 is 29.5. The lowest BCUT2D eigenvalue weighted by Crippen LogP contribution is -2.21. The summed E-state index contributed by atoms with van der Waals surface area (Å²) in [6, 6.07) is 14.5. The lowest BCUT2D eigenvalue weighted by Gasteiger charge is -2.11. The van der Waals surface area contributed by atoms with Gasteiger partial charge in [0.15, 0.2) is 0 Å². The molecule has 0 aliphatic heterocycles. The molecule has 0 saturated heterocycles. The number of rotatable bonds is 6. The van der Waals surface area contributed by atoms with Crippen molar-refractivity contribution in [2.45, 2.75) is 6.54 Å². The number of methoxy groups -OCH3 is 1. The van der Waals surface area contributed by atoms with Gasteiger partial charge in [-0.1, -0.05) is 24.3 Å². The predicted molar refractivity (Wildman–Crippen MR) is 83.5 cm³/mol. The zero-order valence-electron chi connectivity index (χ0n) is 11.5. The molecule has 0 aromatic heterocycles. The standard InChI is InChI=1S/C14H17N3O3S/c1-20-14-8-3-2-5-11(14)10-16-12-6-4-7-13(9-12)17-21(15,18)19/h2-9,16-17H,10H2,1H3,(H2,15,18,19). The topological polar surface area (TPSA) is 93.4 Å². The fourth-order valence-corrected chi connectivity index (χ4v) is 2.36. The first kappa shape index (κ1) is 15.1. The maximum atomic E-state index is 11.0. The fraction of sp³-hybridized carbons (Fsp3) is 0.143. The Kier molecular flexibility index (Phi) is 4.66. The molecular formula is C14H17N3O3S. The number of nitrogens with two attached hydrogens (primary N) is 1. The van der Waals surface area contributed by atoms with Gasteiger partial charge in [-0.15, -0.1) is 0 Å². The van der Waals surface area contributed by atoms with Crippen LogP contribution in [0, 0.1) is 0 Å². The minimum absolute atomic E-state index is 0.405. The molecule has 2 rings (SSSR count). The summed E-state index contributed by atoms with van der Waals surface area (Å²) in [7, 11) is -2.15. The number of anilines is 2. The lowest BCUT2D eigenvalue weighted by atomic mass is 10.2. The SMILES string of the molecule is COc1ccccc1CNc1cccc(NS(N)(=O)=O)c1. The molecule has 0 radical (unpaired) electrons. The minimum Gasteiger partial charge on any atom is -0.496 e. The third-order valence-electron chi connectivity index (χ3n) is 2.80. The van der Waals surface area contributed by atoms with Gasteiger partial charge in [0, 0.05) is 17.8 Å². The van der Waals surface area contributed by atoms with Crippen LogP contribution in [0.4, 0.5) is 11.4 Å². The van der Waals surface area contributed by atoms with Crippen molar-refractivity contribution >= 4 is 21.6 Å². The highest BCUT2D eigenvalue weighted by molar-refractivity contribution is 7.90. The summed E-state index contributed by atoms with van der Waals surface area (Å²) in [4.78, 5) is 0. The zero-order valence-corrected chi connectivity index (χ0v) is 12.4. The molecule has 0 unspecified atom stereocenters. The number of nitrogens with one attached hydrogen (secondary N) is 2. The highest BCUT2D eigenvalue weighted by atomic mass is 32.2. The number of ether oxygens (including phenoxy) is 1. The maximum absolute atomic E-state index is 11.0. The Labute approximate surface area is 124 Å². The van der Waals surface area contributed by atoms with Crippen LogP contribution in [-0.2, 0) is 16.8 Å². The van der Waals surface area contributed by atoms with E-state index in [2.05, 4.69) is 10.0 Å². The van der Waals surface area contributed by atoms with Gasteiger partial charge in [-0.25, -0.2) is 5.14 Å². The Morgan fingerprint density at radius 2 is 1.81 bits per heavy atom. The van der Waals surface area contributed by atoms with Gasteiger partial charge in [-0.2, -0.15) is 8.42 Å². The second-order valence-electron chi connectivity index (χ2n) is 4.39. The van der Waals surface area contributed by atoms with Crippen LogP contribution in [0.5, 0.6) is 5.75 Å². The van der Waals surface area contributed by atoms with E-state index in [9.17, 15) is 8.42 Å². The first-order valence-electron chi connectivity index (χ1n) is 6.24. The Morgan fingerprint density at radius 1 is 1.10 bits per heavy atom. The first-order valence-corrected chi connectivity index (χ1v) is 7.79. The highest BCUT2D eigenvalue weighted by Gasteiger charge is 2.04. The maximum Gasteiger partial charge on any atom is 0.296 e. The van der Waals surface area contributed by atoms with Crippen LogP contribution in [0.25, 0.3) is 0 Å². The average molecular weight is 307 g/mol. The molecule has 112 valence electrons. The number of para-hydroxylation sites is 1. The molecule has 0 aliphatic carbocycles. The van der Waals surface area contributed by atoms with Crippen LogP contribution in [0.15, 0.2) is 48.5 Å². The van der Waals surface area contributed by atoms with Crippen molar-refractivity contribution in [2.75, 3.05) is 17.1 Å². The average Bonchev–Trinajstić information content (AvgIpc) is 2.44. The fourth-order valence-electron chi connectivity index (χ4n) is 1.90. The van der Waals surface area contributed by atoms with E-state index < -0.39 is 10.2 Å². The van der Waals surface area contributed by atoms with Gasteiger partial charge < -0.3 is 10.1 Å². The van der Waals surface area contributed by atoms with Gasteiger partial charge in [-0.3, -0.25) is 4.72 Å². The van der Waals surface area contributed by atoms with Crippen LogP contribution in [0.3, 0.4) is 0 Å². The number of hydrogen-bond acceptors (Lipinski definition) is 4. The van der Waals surface area contributed by atoms with Crippen molar-refractivity contribution in [1.82, 2.24) is 0 Å². The van der Waals surface area contributed by atoms with Gasteiger partial charge in [0.1, 0.15) is 5.75 Å². The van der Waals surface area contributed by atoms with Gasteiger partial charge in [0.05, 0.1) is 12.8 Å². The molecule has 0 spiro atoms. The normalized spacial score (nSPS) is 11.0. The first-order chi connectivity index (χ1) is 9.98. The second-order valence-corrected chi connectivity index (χ2v) is 5.69. The highest BCUT2D eigenvalue weighted by Crippen LogP contribution is 2.20. The van der Waals surface area contributed by atoms with E-state index in [-0.39, 0.29) is 0 Å². The molecule has 6 nitrogen and oxygen atoms in total. The van der Waals surface area contributed by atoms with Crippen LogP contribution < -0.4 is 19.9 Å². The molecule has 0 atom stereocenters. The van der Waals surface area contributed by atoms with Crippen LogP contribution >= 0.6 is 0 Å². The Balaban J connectivity index is 2.08. The number of benzene rings is 2. The molecule has 0 amide bonds. The van der Waals surface area contributed by atoms with E-state index in [1.54, 1.807) is 25.3 Å². The second kappa shape index (κ2) is 6.47. The van der Waals surface area contributed by atoms with E-state index in [1.165, 1.54) is 0 Å². The van der Waals surface area contributed by atoms with Gasteiger partial charge >= 0.3 is 0 Å². The van der Waals surface area contributed by atoms with E-state index in [0.717, 1.165) is 17.0 Å². The van der Waals surface area contributed by atoms with Crippen molar-refractivity contribution in [2.24, 2.45) is 5.14 Å². The van der Waals surface area contributed by atoms with E-state index in [4.69, 9.17) is 9.88 Å². The molecule has 0 bridgehead atoms. The minimum atomic E-state index is -3.77. The molecule has 4 N–H and O–H groups in total. The van der Waals surface area contributed by atoms with Gasteiger partial charge in [-0.05, 0) is 24.3 Å². The smallest absolute Gasteiger partial charge is 0.296 e. The van der Waals surface area contributed by atoms with Gasteiger partial charge in [0.25, 0.3) is 10.2 Å². The van der Waals surface area contributed by atoms with Crippen molar-refractivity contribution in [3.8, 4) is 5.75 Å². The lowest BCUT2D eigenvalue weighted by molar-refractivity contribution is 0.410. The third-order valence-corrected chi connectivity index (χ3v) is 3.32. The van der Waals surface area contributed by atoms with E-state index in [0.29, 0.717) is 12.2 Å². The summed E-state index contributed by atoms with van der Waals surface area (Å²) in [5.74, 6) is 0.795. The van der Waals surface area contributed by atoms with E-state index >= 15 is 0 Å². The molecule has 21 heavy (non-hydrogen) atoms. The van der Waals surface area contributed by atoms with Crippen LogP contribution in [0.2, 0.25) is 0 Å². The molecular weight excluding hydrogens is 290 g/mol. The Hall–Kier alpha value is -2.25. The number of hydrogen-bond donors (Lipinski definition) is 3. The van der Waals surface area contributed by atoms with Crippen molar-refractivity contribution in [3.63, 3.8) is 0 Å². The monoisotopic (exact) mass is 307 g/mol. The quantitative estimate of drug-likeness (QED) is 0.760. The largest absolute Gasteiger partial charge is 0.496 e. The van der Waals surface area contributed by atoms with Crippen molar-refractivity contribution < 1.29 is 13.2 Å². The van der Waals surface area contributed by atoms with E-state index in [1.807, 2.05) is 30.3 Å².